The van der Waals surface area contributed by atoms with Crippen LogP contribution in [-0.4, -0.2) is 18.1 Å². The van der Waals surface area contributed by atoms with Crippen molar-refractivity contribution in [3.05, 3.63) is 16.6 Å². The van der Waals surface area contributed by atoms with Crippen LogP contribution < -0.4 is 5.32 Å². The second-order valence-electron chi connectivity index (χ2n) is 7.77. The second kappa shape index (κ2) is 7.73. The smallest absolute Gasteiger partial charge is 0.0794 e. The molecule has 21 heavy (non-hydrogen) atoms. The van der Waals surface area contributed by atoms with Crippen LogP contribution in [0.1, 0.15) is 58.3 Å². The molecule has 0 amide bonds. The zero-order valence-electron chi connectivity index (χ0n) is 14.2. The Morgan fingerprint density at radius 1 is 1.29 bits per heavy atom. The maximum atomic E-state index is 4.26. The summed E-state index contributed by atoms with van der Waals surface area (Å²) in [6.07, 6.45) is 8.72. The first kappa shape index (κ1) is 17.0. The molecule has 3 atom stereocenters. The average molecular weight is 309 g/mol. The molecule has 2 nitrogen and oxygen atoms in total. The standard InChI is InChI=1S/C18H32N2S/c1-5-8-19-11-14-6-7-16(18(2,3)4)9-15(14)10-17-12-20-13-21-17/h12-16,19H,5-11H2,1-4H3. The van der Waals surface area contributed by atoms with Crippen molar-refractivity contribution in [2.75, 3.05) is 13.1 Å². The highest BCUT2D eigenvalue weighted by molar-refractivity contribution is 7.09. The number of nitrogens with zero attached hydrogens (tertiary/aromatic N) is 1. The summed E-state index contributed by atoms with van der Waals surface area (Å²) in [7, 11) is 0. The van der Waals surface area contributed by atoms with Crippen molar-refractivity contribution in [3.8, 4) is 0 Å². The molecule has 1 aliphatic rings. The molecule has 0 aromatic carbocycles. The number of nitrogens with one attached hydrogen (secondary N) is 1. The van der Waals surface area contributed by atoms with Gasteiger partial charge in [-0.2, -0.15) is 0 Å². The minimum atomic E-state index is 0.452. The maximum Gasteiger partial charge on any atom is 0.0794 e. The van der Waals surface area contributed by atoms with Crippen LogP contribution in [0.4, 0.5) is 0 Å². The highest BCUT2D eigenvalue weighted by atomic mass is 32.1. The van der Waals surface area contributed by atoms with Crippen molar-refractivity contribution >= 4 is 11.3 Å². The number of hydrogen-bond donors (Lipinski definition) is 1. The summed E-state index contributed by atoms with van der Waals surface area (Å²) >= 11 is 1.82. The molecule has 0 saturated heterocycles. The molecule has 1 saturated carbocycles. The fourth-order valence-electron chi connectivity index (χ4n) is 3.70. The van der Waals surface area contributed by atoms with Crippen LogP contribution in [0.2, 0.25) is 0 Å². The maximum absolute atomic E-state index is 4.26. The Bertz CT molecular complexity index is 394. The van der Waals surface area contributed by atoms with Gasteiger partial charge in [0, 0.05) is 11.1 Å². The molecule has 1 heterocycles. The van der Waals surface area contributed by atoms with Gasteiger partial charge >= 0.3 is 0 Å². The summed E-state index contributed by atoms with van der Waals surface area (Å²) in [5.74, 6) is 2.54. The molecule has 0 radical (unpaired) electrons. The van der Waals surface area contributed by atoms with Crippen molar-refractivity contribution in [3.63, 3.8) is 0 Å². The van der Waals surface area contributed by atoms with E-state index in [4.69, 9.17) is 0 Å². The number of rotatable bonds is 6. The lowest BCUT2D eigenvalue weighted by Crippen LogP contribution is -2.37. The lowest BCUT2D eigenvalue weighted by molar-refractivity contribution is 0.0975. The third kappa shape index (κ3) is 5.07. The van der Waals surface area contributed by atoms with E-state index in [0.29, 0.717) is 5.41 Å². The molecule has 1 N–H and O–H groups in total. The third-order valence-electron chi connectivity index (χ3n) is 5.14. The van der Waals surface area contributed by atoms with Gasteiger partial charge in [0.05, 0.1) is 5.51 Å². The van der Waals surface area contributed by atoms with Gasteiger partial charge in [-0.05, 0) is 68.4 Å². The van der Waals surface area contributed by atoms with E-state index in [1.54, 1.807) is 0 Å². The Morgan fingerprint density at radius 2 is 2.10 bits per heavy atom. The van der Waals surface area contributed by atoms with E-state index < -0.39 is 0 Å². The van der Waals surface area contributed by atoms with E-state index in [-0.39, 0.29) is 0 Å². The summed E-state index contributed by atoms with van der Waals surface area (Å²) in [5.41, 5.74) is 2.43. The predicted molar refractivity (Wildman–Crippen MR) is 92.8 cm³/mol. The van der Waals surface area contributed by atoms with Crippen LogP contribution in [0.25, 0.3) is 0 Å². The van der Waals surface area contributed by atoms with Gasteiger partial charge in [-0.3, -0.25) is 4.98 Å². The summed E-state index contributed by atoms with van der Waals surface area (Å²) in [6.45, 7) is 11.9. The Hall–Kier alpha value is -0.410. The molecule has 2 rings (SSSR count). The zero-order chi connectivity index (χ0) is 15.3. The lowest BCUT2D eigenvalue weighted by atomic mass is 9.64. The van der Waals surface area contributed by atoms with Crippen LogP contribution in [0.15, 0.2) is 11.7 Å². The molecular formula is C18H32N2S. The van der Waals surface area contributed by atoms with Gasteiger partial charge in [0.2, 0.25) is 0 Å². The van der Waals surface area contributed by atoms with Crippen LogP contribution in [-0.2, 0) is 6.42 Å². The van der Waals surface area contributed by atoms with E-state index in [0.717, 1.165) is 24.3 Å². The van der Waals surface area contributed by atoms with Gasteiger partial charge in [-0.1, -0.05) is 27.7 Å². The van der Waals surface area contributed by atoms with Gasteiger partial charge in [0.1, 0.15) is 0 Å². The fraction of sp³-hybridized carbons (Fsp3) is 0.833. The van der Waals surface area contributed by atoms with Crippen molar-refractivity contribution in [1.82, 2.24) is 10.3 Å². The molecule has 0 spiro atoms. The lowest BCUT2D eigenvalue weighted by Gasteiger charge is -2.42. The highest BCUT2D eigenvalue weighted by Crippen LogP contribution is 2.43. The Balaban J connectivity index is 1.98. The van der Waals surface area contributed by atoms with E-state index >= 15 is 0 Å². The normalized spacial score (nSPS) is 27.0. The van der Waals surface area contributed by atoms with Crippen molar-refractivity contribution < 1.29 is 0 Å². The quantitative estimate of drug-likeness (QED) is 0.766. The van der Waals surface area contributed by atoms with Gasteiger partial charge in [0.15, 0.2) is 0 Å². The monoisotopic (exact) mass is 308 g/mol. The van der Waals surface area contributed by atoms with E-state index in [2.05, 4.69) is 44.2 Å². The predicted octanol–water partition coefficient (Wildman–Crippen LogP) is 4.76. The molecule has 3 heteroatoms. The van der Waals surface area contributed by atoms with Crippen molar-refractivity contribution in [1.29, 1.82) is 0 Å². The van der Waals surface area contributed by atoms with E-state index in [1.165, 1.54) is 43.5 Å². The number of aromatic nitrogens is 1. The highest BCUT2D eigenvalue weighted by Gasteiger charge is 2.35. The van der Waals surface area contributed by atoms with E-state index in [1.807, 2.05) is 16.8 Å². The molecule has 1 aliphatic carbocycles. The molecule has 1 aromatic rings. The zero-order valence-corrected chi connectivity index (χ0v) is 15.0. The van der Waals surface area contributed by atoms with Crippen LogP contribution in [0.5, 0.6) is 0 Å². The molecule has 1 aromatic heterocycles. The van der Waals surface area contributed by atoms with Gasteiger partial charge in [-0.25, -0.2) is 0 Å². The van der Waals surface area contributed by atoms with Crippen molar-refractivity contribution in [2.45, 2.75) is 59.8 Å². The van der Waals surface area contributed by atoms with Gasteiger partial charge in [0.25, 0.3) is 0 Å². The fourth-order valence-corrected chi connectivity index (χ4v) is 4.39. The van der Waals surface area contributed by atoms with Crippen LogP contribution >= 0.6 is 11.3 Å². The molecule has 3 unspecified atom stereocenters. The summed E-state index contributed by atoms with van der Waals surface area (Å²) in [4.78, 5) is 5.73. The minimum absolute atomic E-state index is 0.452. The Labute approximate surface area is 134 Å². The first-order chi connectivity index (χ1) is 10.0. The SMILES string of the molecule is CCCNCC1CCC(C(C)(C)C)CC1Cc1cncs1. The summed E-state index contributed by atoms with van der Waals surface area (Å²) in [6, 6.07) is 0. The largest absolute Gasteiger partial charge is 0.316 e. The number of hydrogen-bond acceptors (Lipinski definition) is 3. The molecule has 0 bridgehead atoms. The second-order valence-corrected chi connectivity index (χ2v) is 8.74. The van der Waals surface area contributed by atoms with E-state index in [9.17, 15) is 0 Å². The number of thiazole rings is 1. The molecule has 120 valence electrons. The van der Waals surface area contributed by atoms with Crippen LogP contribution in [0, 0.1) is 23.2 Å². The molecular weight excluding hydrogens is 276 g/mol. The third-order valence-corrected chi connectivity index (χ3v) is 5.95. The molecule has 1 fully saturated rings. The van der Waals surface area contributed by atoms with Crippen LogP contribution in [0.3, 0.4) is 0 Å². The summed E-state index contributed by atoms with van der Waals surface area (Å²) in [5, 5.41) is 3.66. The molecule has 0 aliphatic heterocycles. The minimum Gasteiger partial charge on any atom is -0.316 e. The first-order valence-corrected chi connectivity index (χ1v) is 9.46. The topological polar surface area (TPSA) is 24.9 Å². The Morgan fingerprint density at radius 3 is 2.71 bits per heavy atom. The summed E-state index contributed by atoms with van der Waals surface area (Å²) < 4.78 is 0. The first-order valence-electron chi connectivity index (χ1n) is 8.58. The van der Waals surface area contributed by atoms with Gasteiger partial charge in [-0.15, -0.1) is 11.3 Å². The van der Waals surface area contributed by atoms with Gasteiger partial charge < -0.3 is 5.32 Å². The van der Waals surface area contributed by atoms with Crippen molar-refractivity contribution in [2.24, 2.45) is 23.2 Å². The Kier molecular flexibility index (Phi) is 6.24. The average Bonchev–Trinajstić information content (AvgIpc) is 2.92.